The van der Waals surface area contributed by atoms with Gasteiger partial charge in [0.1, 0.15) is 11.8 Å². The fourth-order valence-electron chi connectivity index (χ4n) is 3.60. The minimum Gasteiger partial charge on any atom is -0.506 e. The number of phenolic OH excluding ortho intramolecular Hbond substituents is 1. The van der Waals surface area contributed by atoms with E-state index in [-0.39, 0.29) is 23.1 Å². The molecule has 28 heavy (non-hydrogen) atoms. The van der Waals surface area contributed by atoms with Crippen LogP contribution >= 0.6 is 27.3 Å². The predicted octanol–water partition coefficient (Wildman–Crippen LogP) is 4.29. The van der Waals surface area contributed by atoms with Gasteiger partial charge in [-0.1, -0.05) is 30.3 Å². The number of benzene rings is 2. The van der Waals surface area contributed by atoms with Gasteiger partial charge in [0, 0.05) is 26.7 Å². The number of rotatable bonds is 4. The lowest BCUT2D eigenvalue weighted by molar-refractivity contribution is -0.125. The number of fused-ring (bicyclic) bond motifs is 1. The highest BCUT2D eigenvalue weighted by molar-refractivity contribution is 9.10. The fourth-order valence-corrected chi connectivity index (χ4v) is 4.99. The molecule has 1 unspecified atom stereocenters. The predicted molar refractivity (Wildman–Crippen MR) is 114 cm³/mol. The largest absolute Gasteiger partial charge is 0.506 e. The third-order valence-corrected chi connectivity index (χ3v) is 6.70. The molecule has 1 saturated heterocycles. The van der Waals surface area contributed by atoms with Crippen LogP contribution in [0.3, 0.4) is 0 Å². The van der Waals surface area contributed by atoms with Crippen molar-refractivity contribution in [2.24, 2.45) is 0 Å². The third-order valence-electron chi connectivity index (χ3n) is 5.01. The highest BCUT2D eigenvalue weighted by Crippen LogP contribution is 2.31. The molecule has 1 aromatic heterocycles. The Morgan fingerprint density at radius 1 is 1.25 bits per heavy atom. The summed E-state index contributed by atoms with van der Waals surface area (Å²) in [5, 5.41) is 17.0. The van der Waals surface area contributed by atoms with Gasteiger partial charge in [0.05, 0.1) is 12.1 Å². The van der Waals surface area contributed by atoms with Crippen LogP contribution in [-0.2, 0) is 11.3 Å². The Bertz CT molecular complexity index is 1050. The number of hydrogen-bond acceptors (Lipinski definition) is 4. The number of carbonyl (C=O) groups excluding carboxylic acids is 2. The summed E-state index contributed by atoms with van der Waals surface area (Å²) < 4.78 is 0.992. The van der Waals surface area contributed by atoms with E-state index in [1.165, 1.54) is 0 Å². The Morgan fingerprint density at radius 3 is 2.86 bits per heavy atom. The number of thiophene rings is 1. The zero-order valence-electron chi connectivity index (χ0n) is 15.0. The van der Waals surface area contributed by atoms with Gasteiger partial charge in [0.15, 0.2) is 0 Å². The molecular formula is C21H19BrN2O3S. The van der Waals surface area contributed by atoms with E-state index in [0.29, 0.717) is 24.9 Å². The van der Waals surface area contributed by atoms with Crippen LogP contribution in [0.25, 0.3) is 10.8 Å². The van der Waals surface area contributed by atoms with E-state index in [1.54, 1.807) is 28.4 Å². The lowest BCUT2D eigenvalue weighted by atomic mass is 10.0. The van der Waals surface area contributed by atoms with Crippen LogP contribution in [0.5, 0.6) is 5.75 Å². The summed E-state index contributed by atoms with van der Waals surface area (Å²) in [5.41, 5.74) is 0.237. The molecule has 144 valence electrons. The molecule has 4 rings (SSSR count). The van der Waals surface area contributed by atoms with Crippen molar-refractivity contribution in [2.45, 2.75) is 25.4 Å². The molecule has 5 nitrogen and oxygen atoms in total. The minimum atomic E-state index is -0.512. The SMILES string of the molecule is O=C(NCc1cc(Br)cs1)C1CCCN1C(=O)c1ccc2ccccc2c1O. The second-order valence-electron chi connectivity index (χ2n) is 6.79. The first-order valence-corrected chi connectivity index (χ1v) is 10.7. The van der Waals surface area contributed by atoms with Crippen molar-refractivity contribution in [1.29, 1.82) is 0 Å². The molecule has 1 aliphatic rings. The highest BCUT2D eigenvalue weighted by atomic mass is 79.9. The lowest BCUT2D eigenvalue weighted by Gasteiger charge is -2.24. The average Bonchev–Trinajstić information content (AvgIpc) is 3.35. The molecule has 2 aromatic carbocycles. The molecule has 0 aliphatic carbocycles. The summed E-state index contributed by atoms with van der Waals surface area (Å²) in [6.07, 6.45) is 1.39. The molecule has 1 fully saturated rings. The molecule has 2 N–H and O–H groups in total. The van der Waals surface area contributed by atoms with Crippen molar-refractivity contribution in [3.05, 3.63) is 62.8 Å². The molecule has 0 bridgehead atoms. The van der Waals surface area contributed by atoms with Crippen LogP contribution in [0.2, 0.25) is 0 Å². The normalized spacial score (nSPS) is 16.5. The zero-order valence-corrected chi connectivity index (χ0v) is 17.4. The molecule has 3 aromatic rings. The van der Waals surface area contributed by atoms with E-state index in [9.17, 15) is 14.7 Å². The molecular weight excluding hydrogens is 440 g/mol. The van der Waals surface area contributed by atoms with Gasteiger partial charge in [-0.25, -0.2) is 0 Å². The Labute approximate surface area is 175 Å². The number of carbonyl (C=O) groups is 2. The standard InChI is InChI=1S/C21H19BrN2O3S/c22-14-10-15(28-12-14)11-23-20(26)18-6-3-9-24(18)21(27)17-8-7-13-4-1-2-5-16(13)19(17)25/h1-2,4-5,7-8,10,12,18,25H,3,6,9,11H2,(H,23,26). The first-order chi connectivity index (χ1) is 13.5. The van der Waals surface area contributed by atoms with Gasteiger partial charge in [-0.2, -0.15) is 0 Å². The van der Waals surface area contributed by atoms with E-state index in [4.69, 9.17) is 0 Å². The van der Waals surface area contributed by atoms with Crippen molar-refractivity contribution < 1.29 is 14.7 Å². The van der Waals surface area contributed by atoms with E-state index in [0.717, 1.165) is 21.2 Å². The topological polar surface area (TPSA) is 69.6 Å². The van der Waals surface area contributed by atoms with E-state index in [1.807, 2.05) is 35.7 Å². The summed E-state index contributed by atoms with van der Waals surface area (Å²) in [7, 11) is 0. The van der Waals surface area contributed by atoms with Crippen LogP contribution in [-0.4, -0.2) is 34.4 Å². The number of halogens is 1. The number of nitrogens with one attached hydrogen (secondary N) is 1. The summed E-state index contributed by atoms with van der Waals surface area (Å²) in [6, 6.07) is 12.3. The van der Waals surface area contributed by atoms with Crippen LogP contribution < -0.4 is 5.32 Å². The first kappa shape index (κ1) is 19.0. The quantitative estimate of drug-likeness (QED) is 0.612. The second kappa shape index (κ2) is 7.93. The van der Waals surface area contributed by atoms with Crippen LogP contribution in [0.1, 0.15) is 28.1 Å². The molecule has 0 spiro atoms. The van der Waals surface area contributed by atoms with Crippen molar-refractivity contribution in [2.75, 3.05) is 6.54 Å². The molecule has 0 saturated carbocycles. The first-order valence-electron chi connectivity index (χ1n) is 9.07. The minimum absolute atomic E-state index is 0.0300. The maximum Gasteiger partial charge on any atom is 0.258 e. The van der Waals surface area contributed by atoms with E-state index < -0.39 is 6.04 Å². The maximum atomic E-state index is 13.1. The number of phenols is 1. The van der Waals surface area contributed by atoms with Gasteiger partial charge < -0.3 is 15.3 Å². The fraction of sp³-hybridized carbons (Fsp3) is 0.238. The molecule has 1 atom stereocenters. The Hall–Kier alpha value is -2.38. The molecule has 7 heteroatoms. The number of hydrogen-bond donors (Lipinski definition) is 2. The Balaban J connectivity index is 1.52. The van der Waals surface area contributed by atoms with Crippen LogP contribution in [0.4, 0.5) is 0 Å². The monoisotopic (exact) mass is 458 g/mol. The zero-order chi connectivity index (χ0) is 19.7. The third kappa shape index (κ3) is 3.64. The molecule has 0 radical (unpaired) electrons. The summed E-state index contributed by atoms with van der Waals surface area (Å²) in [4.78, 5) is 28.4. The second-order valence-corrected chi connectivity index (χ2v) is 8.70. The van der Waals surface area contributed by atoms with E-state index >= 15 is 0 Å². The maximum absolute atomic E-state index is 13.1. The van der Waals surface area contributed by atoms with Crippen LogP contribution in [0, 0.1) is 0 Å². The summed E-state index contributed by atoms with van der Waals surface area (Å²) in [5.74, 6) is -0.493. The van der Waals surface area contributed by atoms with Gasteiger partial charge in [-0.05, 0) is 46.3 Å². The van der Waals surface area contributed by atoms with Crippen LogP contribution in [0.15, 0.2) is 52.3 Å². The Morgan fingerprint density at radius 2 is 2.07 bits per heavy atom. The highest BCUT2D eigenvalue weighted by Gasteiger charge is 2.35. The number of amides is 2. The summed E-state index contributed by atoms with van der Waals surface area (Å²) >= 11 is 4.97. The Kier molecular flexibility index (Phi) is 5.37. The number of nitrogens with zero attached hydrogens (tertiary/aromatic N) is 1. The van der Waals surface area contributed by atoms with Gasteiger partial charge >= 0.3 is 0 Å². The molecule has 1 aliphatic heterocycles. The average molecular weight is 459 g/mol. The smallest absolute Gasteiger partial charge is 0.258 e. The van der Waals surface area contributed by atoms with Crippen molar-refractivity contribution >= 4 is 49.9 Å². The van der Waals surface area contributed by atoms with Crippen molar-refractivity contribution in [1.82, 2.24) is 10.2 Å². The summed E-state index contributed by atoms with van der Waals surface area (Å²) in [6.45, 7) is 0.947. The van der Waals surface area contributed by atoms with E-state index in [2.05, 4.69) is 21.2 Å². The molecule has 2 amide bonds. The lowest BCUT2D eigenvalue weighted by Crippen LogP contribution is -2.45. The van der Waals surface area contributed by atoms with Gasteiger partial charge in [0.25, 0.3) is 5.91 Å². The molecule has 2 heterocycles. The van der Waals surface area contributed by atoms with Crippen molar-refractivity contribution in [3.63, 3.8) is 0 Å². The van der Waals surface area contributed by atoms with Gasteiger partial charge in [-0.3, -0.25) is 9.59 Å². The van der Waals surface area contributed by atoms with Crippen molar-refractivity contribution in [3.8, 4) is 5.75 Å². The van der Waals surface area contributed by atoms with Gasteiger partial charge in [-0.15, -0.1) is 11.3 Å². The number of aromatic hydroxyl groups is 1. The number of likely N-dealkylation sites (tertiary alicyclic amines) is 1. The van der Waals surface area contributed by atoms with Gasteiger partial charge in [0.2, 0.25) is 5.91 Å².